The van der Waals surface area contributed by atoms with Gasteiger partial charge in [-0.25, -0.2) is 0 Å². The molecule has 1 amide bonds. The Bertz CT molecular complexity index is 700. The van der Waals surface area contributed by atoms with Gasteiger partial charge in [0.1, 0.15) is 0 Å². The number of hydrogen-bond acceptors (Lipinski definition) is 2. The molecule has 6 atom stereocenters. The molecule has 0 aromatic heterocycles. The number of alkyl halides is 1. The summed E-state index contributed by atoms with van der Waals surface area (Å²) in [5.74, 6) is 0.948. The van der Waals surface area contributed by atoms with Gasteiger partial charge < -0.3 is 10.4 Å². The number of hydrogen-bond donors (Lipinski definition) is 2. The van der Waals surface area contributed by atoms with Crippen molar-refractivity contribution in [3.05, 3.63) is 35.9 Å². The highest BCUT2D eigenvalue weighted by atomic mass is 35.5. The second-order valence-corrected chi connectivity index (χ2v) is 10.8. The third kappa shape index (κ3) is 3.07. The molecular weight excluding hydrogens is 346 g/mol. The average Bonchev–Trinajstić information content (AvgIpc) is 2.50. The number of aliphatic hydroxyl groups is 1. The quantitative estimate of drug-likeness (QED) is 0.767. The van der Waals surface area contributed by atoms with Gasteiger partial charge in [-0.05, 0) is 49.5 Å². The average molecular weight is 376 g/mol. The Morgan fingerprint density at radius 2 is 1.92 bits per heavy atom. The molecule has 2 N–H and O–H groups in total. The van der Waals surface area contributed by atoms with Crippen molar-refractivity contribution in [3.63, 3.8) is 0 Å². The molecule has 0 radical (unpaired) electrons. The minimum Gasteiger partial charge on any atom is -0.389 e. The second kappa shape index (κ2) is 5.97. The van der Waals surface area contributed by atoms with E-state index in [1.54, 1.807) is 0 Å². The molecule has 5 rings (SSSR count). The Morgan fingerprint density at radius 1 is 1.23 bits per heavy atom. The van der Waals surface area contributed by atoms with E-state index >= 15 is 0 Å². The van der Waals surface area contributed by atoms with Crippen molar-refractivity contribution in [1.29, 1.82) is 0 Å². The predicted molar refractivity (Wildman–Crippen MR) is 104 cm³/mol. The van der Waals surface area contributed by atoms with Gasteiger partial charge in [0.05, 0.1) is 11.6 Å². The highest BCUT2D eigenvalue weighted by Crippen LogP contribution is 2.64. The number of halogens is 1. The van der Waals surface area contributed by atoms with Gasteiger partial charge in [0.15, 0.2) is 0 Å². The van der Waals surface area contributed by atoms with Crippen molar-refractivity contribution in [2.75, 3.05) is 0 Å². The fraction of sp³-hybridized carbons (Fsp3) is 0.682. The molecule has 4 bridgehead atoms. The molecule has 0 saturated heterocycles. The molecule has 4 saturated carbocycles. The maximum absolute atomic E-state index is 12.8. The fourth-order valence-electron chi connectivity index (χ4n) is 6.03. The van der Waals surface area contributed by atoms with Crippen LogP contribution in [0, 0.1) is 23.2 Å². The summed E-state index contributed by atoms with van der Waals surface area (Å²) in [6.07, 6.45) is 4.57. The van der Waals surface area contributed by atoms with Crippen LogP contribution in [0.15, 0.2) is 30.3 Å². The number of carbonyl (C=O) groups excluding carboxylic acids is 1. The fourth-order valence-corrected chi connectivity index (χ4v) is 6.68. The monoisotopic (exact) mass is 375 g/mol. The first-order valence-electron chi connectivity index (χ1n) is 9.87. The molecule has 26 heavy (non-hydrogen) atoms. The van der Waals surface area contributed by atoms with E-state index in [0.717, 1.165) is 31.2 Å². The summed E-state index contributed by atoms with van der Waals surface area (Å²) in [5, 5.41) is 14.9. The molecule has 4 heteroatoms. The molecule has 1 aromatic rings. The van der Waals surface area contributed by atoms with E-state index in [1.807, 2.05) is 39.0 Å². The maximum Gasteiger partial charge on any atom is 0.225 e. The summed E-state index contributed by atoms with van der Waals surface area (Å²) in [5.41, 5.74) is -0.160. The molecule has 0 spiro atoms. The van der Waals surface area contributed by atoms with Gasteiger partial charge in [0, 0.05) is 16.2 Å². The van der Waals surface area contributed by atoms with Gasteiger partial charge in [0.25, 0.3) is 0 Å². The second-order valence-electron chi connectivity index (χ2n) is 10.0. The van der Waals surface area contributed by atoms with E-state index in [2.05, 4.69) is 17.4 Å². The largest absolute Gasteiger partial charge is 0.389 e. The van der Waals surface area contributed by atoms with Crippen LogP contribution in [0.3, 0.4) is 0 Å². The Hall–Kier alpha value is -1.06. The first kappa shape index (κ1) is 18.3. The van der Waals surface area contributed by atoms with Gasteiger partial charge in [-0.3, -0.25) is 4.79 Å². The summed E-state index contributed by atoms with van der Waals surface area (Å²) in [6.45, 7) is 5.80. The SMILES string of the molecule is CC(C)(C)C(=O)N[C@@H](c1ccccc1)[C@H]1[C@H]2C[C@@H]3C[C@](Cl)(C2)C[C@@]1(O)C3. The molecule has 0 heterocycles. The van der Waals surface area contributed by atoms with Gasteiger partial charge >= 0.3 is 0 Å². The smallest absolute Gasteiger partial charge is 0.225 e. The highest BCUT2D eigenvalue weighted by molar-refractivity contribution is 6.24. The van der Waals surface area contributed by atoms with Crippen molar-refractivity contribution in [2.24, 2.45) is 23.2 Å². The summed E-state index contributed by atoms with van der Waals surface area (Å²) in [4.78, 5) is 12.6. The van der Waals surface area contributed by atoms with Gasteiger partial charge in [-0.1, -0.05) is 51.1 Å². The highest BCUT2D eigenvalue weighted by Gasteiger charge is 2.63. The van der Waals surface area contributed by atoms with E-state index in [4.69, 9.17) is 11.6 Å². The first-order chi connectivity index (χ1) is 12.1. The predicted octanol–water partition coefficient (Wildman–Crippen LogP) is 4.44. The summed E-state index contributed by atoms with van der Waals surface area (Å²) in [7, 11) is 0. The first-order valence-corrected chi connectivity index (χ1v) is 10.2. The van der Waals surface area contributed by atoms with Crippen molar-refractivity contribution in [2.45, 2.75) is 69.4 Å². The van der Waals surface area contributed by atoms with Gasteiger partial charge in [-0.2, -0.15) is 0 Å². The van der Waals surface area contributed by atoms with Crippen molar-refractivity contribution in [3.8, 4) is 0 Å². The van der Waals surface area contributed by atoms with Gasteiger partial charge in [0.2, 0.25) is 5.91 Å². The number of carbonyl (C=O) groups is 1. The third-order valence-electron chi connectivity index (χ3n) is 6.80. The van der Waals surface area contributed by atoms with Crippen LogP contribution in [0.4, 0.5) is 0 Å². The molecule has 4 fully saturated rings. The number of amides is 1. The molecule has 4 aliphatic carbocycles. The van der Waals surface area contributed by atoms with E-state index in [1.165, 1.54) is 0 Å². The molecule has 3 nitrogen and oxygen atoms in total. The minimum atomic E-state index is -0.780. The van der Waals surface area contributed by atoms with Crippen molar-refractivity contribution < 1.29 is 9.90 Å². The Morgan fingerprint density at radius 3 is 2.50 bits per heavy atom. The van der Waals surface area contributed by atoms with Crippen LogP contribution >= 0.6 is 11.6 Å². The number of benzene rings is 1. The van der Waals surface area contributed by atoms with E-state index in [-0.39, 0.29) is 22.7 Å². The van der Waals surface area contributed by atoms with Crippen molar-refractivity contribution >= 4 is 17.5 Å². The van der Waals surface area contributed by atoms with E-state index < -0.39 is 11.0 Å². The third-order valence-corrected chi connectivity index (χ3v) is 7.24. The Labute approximate surface area is 161 Å². The maximum atomic E-state index is 12.8. The summed E-state index contributed by atoms with van der Waals surface area (Å²) >= 11 is 6.87. The molecule has 4 aliphatic rings. The summed E-state index contributed by atoms with van der Waals surface area (Å²) in [6, 6.07) is 9.98. The lowest BCUT2D eigenvalue weighted by molar-refractivity contribution is -0.175. The molecule has 1 aromatic carbocycles. The summed E-state index contributed by atoms with van der Waals surface area (Å²) < 4.78 is 0. The Balaban J connectivity index is 1.71. The van der Waals surface area contributed by atoms with Crippen LogP contribution in [-0.4, -0.2) is 21.5 Å². The lowest BCUT2D eigenvalue weighted by atomic mass is 9.47. The molecule has 0 aliphatic heterocycles. The van der Waals surface area contributed by atoms with E-state index in [9.17, 15) is 9.90 Å². The standard InChI is InChI=1S/C22H30ClNO2/c1-20(2,3)19(25)24-18(15-7-5-4-6-8-15)17-16-9-14-10-21(23,12-16)13-22(17,26)11-14/h4-8,14,16-18,26H,9-13H2,1-3H3,(H,24,25)/t14-,16+,17-,18+,21+,22+/m1/s1. The van der Waals surface area contributed by atoms with Crippen LogP contribution < -0.4 is 5.32 Å². The zero-order chi connectivity index (χ0) is 18.7. The molecule has 142 valence electrons. The minimum absolute atomic E-state index is 0.0274. The van der Waals surface area contributed by atoms with Crippen molar-refractivity contribution in [1.82, 2.24) is 5.32 Å². The number of nitrogens with one attached hydrogen (secondary N) is 1. The zero-order valence-electron chi connectivity index (χ0n) is 16.0. The lowest BCUT2D eigenvalue weighted by Gasteiger charge is -2.63. The topological polar surface area (TPSA) is 49.3 Å². The molecule has 0 unspecified atom stereocenters. The van der Waals surface area contributed by atoms with Crippen LogP contribution in [-0.2, 0) is 4.79 Å². The normalized spacial score (nSPS) is 39.7. The lowest BCUT2D eigenvalue weighted by Crippen LogP contribution is -2.65. The van der Waals surface area contributed by atoms with E-state index in [0.29, 0.717) is 18.3 Å². The number of rotatable bonds is 3. The zero-order valence-corrected chi connectivity index (χ0v) is 16.7. The van der Waals surface area contributed by atoms with Crippen LogP contribution in [0.2, 0.25) is 0 Å². The van der Waals surface area contributed by atoms with Crippen LogP contribution in [0.25, 0.3) is 0 Å². The van der Waals surface area contributed by atoms with Crippen LogP contribution in [0.5, 0.6) is 0 Å². The molecular formula is C22H30ClNO2. The van der Waals surface area contributed by atoms with Crippen LogP contribution in [0.1, 0.15) is 64.5 Å². The van der Waals surface area contributed by atoms with Gasteiger partial charge in [-0.15, -0.1) is 11.6 Å². The Kier molecular flexibility index (Phi) is 4.20.